The van der Waals surface area contributed by atoms with Crippen LogP contribution in [0.1, 0.15) is 6.23 Å². The maximum atomic E-state index is 12.0. The van der Waals surface area contributed by atoms with Crippen LogP contribution < -0.4 is 40.2 Å². The molecule has 4 rings (SSSR count). The molecule has 0 amide bonds. The van der Waals surface area contributed by atoms with E-state index in [1.54, 1.807) is 0 Å². The Morgan fingerprint density at radius 1 is 0.949 bits per heavy atom. The van der Waals surface area contributed by atoms with Crippen molar-refractivity contribution in [2.45, 2.75) is 49.1 Å². The number of imidazole rings is 1. The Labute approximate surface area is 240 Å². The van der Waals surface area contributed by atoms with E-state index in [9.17, 15) is 44.4 Å². The average molecular weight is 617 g/mol. The predicted molar refractivity (Wildman–Crippen MR) is 116 cm³/mol. The van der Waals surface area contributed by atoms with E-state index in [0.29, 0.717) is 0 Å². The summed E-state index contributed by atoms with van der Waals surface area (Å²) in [6.07, 6.45) is -10.3. The van der Waals surface area contributed by atoms with Gasteiger partial charge < -0.3 is 66.0 Å². The van der Waals surface area contributed by atoms with Crippen LogP contribution in [-0.2, 0) is 32.0 Å². The third kappa shape index (κ3) is 7.96. The molecule has 2 aromatic rings. The average Bonchev–Trinajstić information content (AvgIpc) is 3.42. The fourth-order valence-electron chi connectivity index (χ4n) is 3.53. The SMILES string of the molecule is Nc1ncnc2c1ncn2C1O[C@H](COP(=O)([O-])OP(=O)(O)OC[C@H]2OC(O)[C@H](O)[C@@H]2O)[C@@H](O)[C@H]1O.O.O.[Na+]. The molecule has 10 atom stereocenters. The van der Waals surface area contributed by atoms with Gasteiger partial charge in [-0.2, -0.15) is 0 Å². The Kier molecular flexibility index (Phi) is 13.0. The Balaban J connectivity index is 0.00000253. The Morgan fingerprint density at radius 2 is 1.54 bits per heavy atom. The number of anilines is 1. The first-order valence-electron chi connectivity index (χ1n) is 10.1. The van der Waals surface area contributed by atoms with Crippen LogP contribution in [-0.4, -0.2) is 117 Å². The fraction of sp³-hybridized carbons (Fsp3) is 0.667. The molecule has 4 unspecified atom stereocenters. The van der Waals surface area contributed by atoms with Crippen molar-refractivity contribution >= 4 is 32.6 Å². The van der Waals surface area contributed by atoms with Crippen LogP contribution in [0.3, 0.4) is 0 Å². The van der Waals surface area contributed by atoms with Crippen molar-refractivity contribution in [1.29, 1.82) is 0 Å². The summed E-state index contributed by atoms with van der Waals surface area (Å²) in [5.41, 5.74) is 6.06. The van der Waals surface area contributed by atoms with Crippen LogP contribution in [0, 0.1) is 0 Å². The second-order valence-electron chi connectivity index (χ2n) is 7.76. The number of hydrogen-bond donors (Lipinski definition) is 7. The summed E-state index contributed by atoms with van der Waals surface area (Å²) >= 11 is 0. The molecule has 2 fully saturated rings. The van der Waals surface area contributed by atoms with Gasteiger partial charge in [-0.25, -0.2) is 23.8 Å². The summed E-state index contributed by atoms with van der Waals surface area (Å²) in [5.74, 6) is 0.0492. The normalized spacial score (nSPS) is 33.4. The van der Waals surface area contributed by atoms with Crippen molar-refractivity contribution in [2.24, 2.45) is 0 Å². The quantitative estimate of drug-likeness (QED) is 0.101. The van der Waals surface area contributed by atoms with Gasteiger partial charge in [0.1, 0.15) is 48.5 Å². The molecule has 0 radical (unpaired) electrons. The van der Waals surface area contributed by atoms with Gasteiger partial charge in [0.25, 0.3) is 7.82 Å². The van der Waals surface area contributed by atoms with Gasteiger partial charge in [0.05, 0.1) is 19.5 Å². The van der Waals surface area contributed by atoms with E-state index in [0.717, 1.165) is 6.33 Å². The molecule has 2 aliphatic heterocycles. The Hall–Kier alpha value is -0.750. The molecule has 0 aliphatic carbocycles. The molecule has 0 spiro atoms. The first-order chi connectivity index (χ1) is 16.8. The van der Waals surface area contributed by atoms with Crippen molar-refractivity contribution in [1.82, 2.24) is 19.5 Å². The van der Waals surface area contributed by atoms with Crippen LogP contribution >= 0.6 is 15.6 Å². The van der Waals surface area contributed by atoms with Gasteiger partial charge in [0, 0.05) is 0 Å². The van der Waals surface area contributed by atoms with E-state index in [2.05, 4.69) is 28.3 Å². The van der Waals surface area contributed by atoms with Gasteiger partial charge in [0.2, 0.25) is 0 Å². The van der Waals surface area contributed by atoms with E-state index >= 15 is 0 Å². The van der Waals surface area contributed by atoms with E-state index in [4.69, 9.17) is 15.2 Å². The van der Waals surface area contributed by atoms with E-state index < -0.39 is 78.0 Å². The number of hydrogen-bond acceptors (Lipinski definition) is 17. The zero-order valence-corrected chi connectivity index (χ0v) is 23.7. The predicted octanol–water partition coefficient (Wildman–Crippen LogP) is -8.56. The number of nitrogens with zero attached hydrogens (tertiary/aromatic N) is 4. The molecular formula is C15H26N5NaO16P2. The summed E-state index contributed by atoms with van der Waals surface area (Å²) in [4.78, 5) is 33.4. The number of aromatic nitrogens is 4. The number of fused-ring (bicyclic) bond motifs is 1. The largest absolute Gasteiger partial charge is 1.00 e. The molecule has 2 saturated heterocycles. The number of phosphoric acid groups is 2. The van der Waals surface area contributed by atoms with E-state index in [-0.39, 0.29) is 57.5 Å². The molecule has 2 aromatic heterocycles. The molecule has 0 saturated carbocycles. The maximum Gasteiger partial charge on any atom is 1.00 e. The van der Waals surface area contributed by atoms with Gasteiger partial charge in [-0.3, -0.25) is 13.7 Å². The second kappa shape index (κ2) is 13.9. The fourth-order valence-corrected chi connectivity index (χ4v) is 5.58. The summed E-state index contributed by atoms with van der Waals surface area (Å²) < 4.78 is 48.4. The molecule has 24 heteroatoms. The number of ether oxygens (including phenoxy) is 2. The maximum absolute atomic E-state index is 12.0. The number of rotatable bonds is 9. The first-order valence-corrected chi connectivity index (χ1v) is 13.0. The van der Waals surface area contributed by atoms with E-state index in [1.807, 2.05) is 0 Å². The van der Waals surface area contributed by atoms with Crippen LogP contribution in [0.4, 0.5) is 5.82 Å². The molecule has 4 heterocycles. The number of nitrogen functional groups attached to an aromatic ring is 1. The molecule has 0 aromatic carbocycles. The zero-order valence-electron chi connectivity index (χ0n) is 19.9. The number of phosphoric ester groups is 2. The molecule has 0 bridgehead atoms. The summed E-state index contributed by atoms with van der Waals surface area (Å²) in [5, 5.41) is 48.9. The number of nitrogens with two attached hydrogens (primary N) is 1. The third-order valence-electron chi connectivity index (χ3n) is 5.34. The van der Waals surface area contributed by atoms with Gasteiger partial charge >= 0.3 is 37.4 Å². The van der Waals surface area contributed by atoms with Crippen LogP contribution in [0.15, 0.2) is 12.7 Å². The summed E-state index contributed by atoms with van der Waals surface area (Å²) in [6.45, 7) is -1.88. The summed E-state index contributed by atoms with van der Waals surface area (Å²) in [7, 11) is -10.9. The van der Waals surface area contributed by atoms with Crippen molar-refractivity contribution in [2.75, 3.05) is 18.9 Å². The van der Waals surface area contributed by atoms with Gasteiger partial charge in [-0.1, -0.05) is 0 Å². The van der Waals surface area contributed by atoms with Gasteiger partial charge in [-0.05, 0) is 0 Å². The van der Waals surface area contributed by atoms with Gasteiger partial charge in [-0.15, -0.1) is 0 Å². The molecule has 39 heavy (non-hydrogen) atoms. The topological polar surface area (TPSA) is 357 Å². The van der Waals surface area contributed by atoms with Crippen molar-refractivity contribution in [3.05, 3.63) is 12.7 Å². The van der Waals surface area contributed by atoms with Gasteiger partial charge in [0.15, 0.2) is 24.0 Å². The number of aliphatic hydroxyl groups excluding tert-OH is 5. The third-order valence-corrected chi connectivity index (χ3v) is 7.90. The molecular weight excluding hydrogens is 591 g/mol. The Morgan fingerprint density at radius 3 is 2.15 bits per heavy atom. The molecule has 218 valence electrons. The standard InChI is InChI=1S/C15H23N5O14P2.Na.2H2O/c16-12-7-13(18-3-17-12)20(4-19-7)14-10(23)8(21)5(32-14)1-30-35(26,27)34-36(28,29)31-2-6-9(22)11(24)15(25)33-6;;;/h3-6,8-11,14-15,21-25H,1-2H2,(H,26,27)(H,28,29)(H2,16,17,18);;2*1H2/q;+1;;/p-1/t5-,6-,8-,9-,10-,11-,14?,15?;;;/m1.../s1. The molecule has 12 N–H and O–H groups in total. The monoisotopic (exact) mass is 617 g/mol. The first kappa shape index (κ1) is 36.3. The van der Waals surface area contributed by atoms with Crippen LogP contribution in [0.25, 0.3) is 11.2 Å². The smallest absolute Gasteiger partial charge is 0.756 e. The minimum atomic E-state index is -5.56. The van der Waals surface area contributed by atoms with Crippen molar-refractivity contribution in [3.8, 4) is 0 Å². The minimum absolute atomic E-state index is 0. The van der Waals surface area contributed by atoms with Crippen LogP contribution in [0.5, 0.6) is 0 Å². The molecule has 21 nitrogen and oxygen atoms in total. The second-order valence-corrected chi connectivity index (χ2v) is 10.8. The van der Waals surface area contributed by atoms with Crippen molar-refractivity contribution < 1.29 is 108 Å². The van der Waals surface area contributed by atoms with Crippen LogP contribution in [0.2, 0.25) is 0 Å². The Bertz CT molecular complexity index is 1190. The molecule has 2 aliphatic rings. The van der Waals surface area contributed by atoms with E-state index in [1.165, 1.54) is 10.9 Å². The van der Waals surface area contributed by atoms with Crippen molar-refractivity contribution in [3.63, 3.8) is 0 Å². The minimum Gasteiger partial charge on any atom is -0.756 e. The number of aliphatic hydroxyl groups is 5. The summed E-state index contributed by atoms with van der Waals surface area (Å²) in [6, 6.07) is 0. The zero-order chi connectivity index (χ0) is 26.4.